The molecule has 144 valence electrons. The van der Waals surface area contributed by atoms with Gasteiger partial charge in [0.1, 0.15) is 6.10 Å². The maximum atomic E-state index is 12.4. The van der Waals surface area contributed by atoms with Crippen LogP contribution in [0, 0.1) is 5.92 Å². The molecule has 1 heterocycles. The van der Waals surface area contributed by atoms with Crippen molar-refractivity contribution in [3.8, 4) is 0 Å². The number of thioether (sulfide) groups is 1. The van der Waals surface area contributed by atoms with Gasteiger partial charge in [-0.3, -0.25) is 19.3 Å². The molecule has 8 heteroatoms. The van der Waals surface area contributed by atoms with Crippen molar-refractivity contribution in [3.63, 3.8) is 0 Å². The Kier molecular flexibility index (Phi) is 6.57. The highest BCUT2D eigenvalue weighted by Crippen LogP contribution is 2.32. The number of hydrogen-bond donors (Lipinski definition) is 1. The molecule has 3 rings (SSSR count). The molecule has 1 N–H and O–H groups in total. The van der Waals surface area contributed by atoms with Gasteiger partial charge in [-0.05, 0) is 61.2 Å². The van der Waals surface area contributed by atoms with Gasteiger partial charge in [0.2, 0.25) is 5.91 Å². The van der Waals surface area contributed by atoms with E-state index in [0.717, 1.165) is 35.1 Å². The van der Waals surface area contributed by atoms with Crippen LogP contribution in [0.1, 0.15) is 25.3 Å². The highest BCUT2D eigenvalue weighted by Gasteiger charge is 2.34. The van der Waals surface area contributed by atoms with Crippen LogP contribution in [0.25, 0.3) is 6.08 Å². The average Bonchev–Trinajstić information content (AvgIpc) is 3.44. The number of amides is 3. The highest BCUT2D eigenvalue weighted by atomic mass is 35.5. The van der Waals surface area contributed by atoms with Crippen LogP contribution < -0.4 is 5.32 Å². The van der Waals surface area contributed by atoms with Gasteiger partial charge < -0.3 is 10.1 Å². The SMILES string of the molecule is CC(OCC1CC1)C(=O)NCCN1C(=O)S/C(=C/c2ccc(Cl)cc2)C1=O. The predicted molar refractivity (Wildman–Crippen MR) is 105 cm³/mol. The van der Waals surface area contributed by atoms with Gasteiger partial charge in [0.05, 0.1) is 11.5 Å². The lowest BCUT2D eigenvalue weighted by molar-refractivity contribution is -0.132. The van der Waals surface area contributed by atoms with Gasteiger partial charge in [-0.25, -0.2) is 0 Å². The van der Waals surface area contributed by atoms with Crippen LogP contribution in [-0.2, 0) is 14.3 Å². The molecule has 2 fully saturated rings. The fourth-order valence-electron chi connectivity index (χ4n) is 2.48. The lowest BCUT2D eigenvalue weighted by atomic mass is 10.2. The Hall–Kier alpha value is -1.83. The van der Waals surface area contributed by atoms with Crippen molar-refractivity contribution in [1.82, 2.24) is 10.2 Å². The van der Waals surface area contributed by atoms with Crippen molar-refractivity contribution in [2.45, 2.75) is 25.9 Å². The number of ether oxygens (including phenoxy) is 1. The standard InChI is InChI=1S/C19H21ClN2O4S/c1-12(26-11-14-2-3-14)17(23)21-8-9-22-18(24)16(27-19(22)25)10-13-4-6-15(20)7-5-13/h4-7,10,12,14H,2-3,8-9,11H2,1H3,(H,21,23)/b16-10+. The van der Waals surface area contributed by atoms with Crippen LogP contribution >= 0.6 is 23.4 Å². The Bertz CT molecular complexity index is 761. The molecule has 1 saturated heterocycles. The molecule has 2 aliphatic rings. The molecule has 6 nitrogen and oxygen atoms in total. The monoisotopic (exact) mass is 408 g/mol. The molecule has 1 atom stereocenters. The Morgan fingerprint density at radius 2 is 2.07 bits per heavy atom. The van der Waals surface area contributed by atoms with Crippen LogP contribution in [0.5, 0.6) is 0 Å². The number of rotatable bonds is 8. The zero-order valence-electron chi connectivity index (χ0n) is 14.9. The number of hydrogen-bond acceptors (Lipinski definition) is 5. The first-order valence-corrected chi connectivity index (χ1v) is 10.0. The van der Waals surface area contributed by atoms with Crippen molar-refractivity contribution in [3.05, 3.63) is 39.8 Å². The van der Waals surface area contributed by atoms with Gasteiger partial charge >= 0.3 is 0 Å². The van der Waals surface area contributed by atoms with E-state index >= 15 is 0 Å². The van der Waals surface area contributed by atoms with Crippen molar-refractivity contribution in [2.75, 3.05) is 19.7 Å². The van der Waals surface area contributed by atoms with Gasteiger partial charge in [-0.15, -0.1) is 0 Å². The number of benzene rings is 1. The number of halogens is 1. The van der Waals surface area contributed by atoms with Gasteiger partial charge in [0.15, 0.2) is 0 Å². The summed E-state index contributed by atoms with van der Waals surface area (Å²) in [4.78, 5) is 38.0. The van der Waals surface area contributed by atoms with Gasteiger partial charge in [-0.1, -0.05) is 23.7 Å². The van der Waals surface area contributed by atoms with Gasteiger partial charge in [-0.2, -0.15) is 0 Å². The first-order valence-electron chi connectivity index (χ1n) is 8.84. The van der Waals surface area contributed by atoms with Gasteiger partial charge in [0.25, 0.3) is 11.1 Å². The highest BCUT2D eigenvalue weighted by molar-refractivity contribution is 8.18. The van der Waals surface area contributed by atoms with E-state index in [0.29, 0.717) is 22.5 Å². The minimum Gasteiger partial charge on any atom is -0.368 e. The maximum absolute atomic E-state index is 12.4. The molecule has 0 aromatic heterocycles. The summed E-state index contributed by atoms with van der Waals surface area (Å²) in [7, 11) is 0. The van der Waals surface area contributed by atoms with E-state index in [4.69, 9.17) is 16.3 Å². The molecule has 1 aromatic rings. The van der Waals surface area contributed by atoms with E-state index in [-0.39, 0.29) is 30.1 Å². The fourth-order valence-corrected chi connectivity index (χ4v) is 3.47. The molecule has 27 heavy (non-hydrogen) atoms. The van der Waals surface area contributed by atoms with Crippen molar-refractivity contribution in [1.29, 1.82) is 0 Å². The summed E-state index contributed by atoms with van der Waals surface area (Å²) in [6, 6.07) is 7.00. The second-order valence-electron chi connectivity index (χ2n) is 6.59. The van der Waals surface area contributed by atoms with Crippen molar-refractivity contribution >= 4 is 46.5 Å². The molecule has 1 unspecified atom stereocenters. The number of carbonyl (C=O) groups excluding carboxylic acids is 3. The molecule has 0 bridgehead atoms. The molecule has 1 aliphatic heterocycles. The minimum absolute atomic E-state index is 0.129. The van der Waals surface area contributed by atoms with Crippen LogP contribution in [0.3, 0.4) is 0 Å². The molecule has 0 spiro atoms. The second kappa shape index (κ2) is 8.91. The van der Waals surface area contributed by atoms with Crippen molar-refractivity contribution < 1.29 is 19.1 Å². The predicted octanol–water partition coefficient (Wildman–Crippen LogP) is 3.31. The molecular weight excluding hydrogens is 388 g/mol. The second-order valence-corrected chi connectivity index (χ2v) is 8.02. The van der Waals surface area contributed by atoms with Crippen LogP contribution in [0.15, 0.2) is 29.2 Å². The zero-order chi connectivity index (χ0) is 19.4. The van der Waals surface area contributed by atoms with E-state index < -0.39 is 6.10 Å². The van der Waals surface area contributed by atoms with Gasteiger partial charge in [0, 0.05) is 18.1 Å². The molecule has 0 radical (unpaired) electrons. The minimum atomic E-state index is -0.537. The van der Waals surface area contributed by atoms with Crippen LogP contribution in [0.2, 0.25) is 5.02 Å². The molecule has 1 saturated carbocycles. The lowest BCUT2D eigenvalue weighted by Gasteiger charge is -2.16. The Morgan fingerprint density at radius 1 is 1.37 bits per heavy atom. The first kappa shape index (κ1) is 19.9. The largest absolute Gasteiger partial charge is 0.368 e. The summed E-state index contributed by atoms with van der Waals surface area (Å²) in [6.45, 7) is 2.63. The summed E-state index contributed by atoms with van der Waals surface area (Å²) < 4.78 is 5.50. The molecular formula is C19H21ClN2O4S. The topological polar surface area (TPSA) is 75.7 Å². The third-order valence-corrected chi connectivity index (χ3v) is 5.48. The normalized spacial score (nSPS) is 19.6. The van der Waals surface area contributed by atoms with Crippen LogP contribution in [-0.4, -0.2) is 47.8 Å². The van der Waals surface area contributed by atoms with E-state index in [2.05, 4.69) is 5.32 Å². The fraction of sp³-hybridized carbons (Fsp3) is 0.421. The first-order chi connectivity index (χ1) is 12.9. The third-order valence-electron chi connectivity index (χ3n) is 4.32. The molecule has 3 amide bonds. The van der Waals surface area contributed by atoms with E-state index in [1.54, 1.807) is 37.3 Å². The summed E-state index contributed by atoms with van der Waals surface area (Å²) in [5, 5.41) is 2.97. The van der Waals surface area contributed by atoms with Crippen molar-refractivity contribution in [2.24, 2.45) is 5.92 Å². The summed E-state index contributed by atoms with van der Waals surface area (Å²) in [5.74, 6) is -0.00507. The molecule has 1 aromatic carbocycles. The zero-order valence-corrected chi connectivity index (χ0v) is 16.5. The van der Waals surface area contributed by atoms with E-state index in [1.807, 2.05) is 0 Å². The third kappa shape index (κ3) is 5.57. The van der Waals surface area contributed by atoms with Crippen LogP contribution in [0.4, 0.5) is 4.79 Å². The number of nitrogens with one attached hydrogen (secondary N) is 1. The Labute approximate surface area is 167 Å². The number of nitrogens with zero attached hydrogens (tertiary/aromatic N) is 1. The van der Waals surface area contributed by atoms with E-state index in [9.17, 15) is 14.4 Å². The quantitative estimate of drug-likeness (QED) is 0.668. The lowest BCUT2D eigenvalue weighted by Crippen LogP contribution is -2.41. The Morgan fingerprint density at radius 3 is 2.74 bits per heavy atom. The Balaban J connectivity index is 1.48. The summed E-state index contributed by atoms with van der Waals surface area (Å²) >= 11 is 6.74. The van der Waals surface area contributed by atoms with E-state index in [1.165, 1.54) is 0 Å². The summed E-state index contributed by atoms with van der Waals surface area (Å²) in [6.07, 6.45) is 3.45. The molecule has 1 aliphatic carbocycles. The summed E-state index contributed by atoms with van der Waals surface area (Å²) in [5.41, 5.74) is 0.792. The number of carbonyl (C=O) groups is 3. The average molecular weight is 409 g/mol. The smallest absolute Gasteiger partial charge is 0.293 e. The maximum Gasteiger partial charge on any atom is 0.293 e. The number of imide groups is 1.